The summed E-state index contributed by atoms with van der Waals surface area (Å²) in [4.78, 5) is 26.0. The lowest BCUT2D eigenvalue weighted by Crippen LogP contribution is -2.46. The SMILES string of the molecule is CCCCC/C=C\C/C=C\C/C=C\C/C=C\CCCC(CC(=O)NC(CO)C(O)CCCCCCCCCCCC)OC(=O)CCCCCCCCCCCCC. The van der Waals surface area contributed by atoms with Crippen molar-refractivity contribution >= 4 is 11.9 Å². The Morgan fingerprint density at radius 2 is 0.912 bits per heavy atom. The van der Waals surface area contributed by atoms with Crippen molar-refractivity contribution in [1.29, 1.82) is 0 Å². The lowest BCUT2D eigenvalue weighted by molar-refractivity contribution is -0.151. The van der Waals surface area contributed by atoms with Gasteiger partial charge in [-0.25, -0.2) is 0 Å². The average Bonchev–Trinajstić information content (AvgIpc) is 3.20. The zero-order valence-electron chi connectivity index (χ0n) is 37.7. The molecule has 0 aliphatic rings. The van der Waals surface area contributed by atoms with Crippen molar-refractivity contribution in [1.82, 2.24) is 5.32 Å². The van der Waals surface area contributed by atoms with Gasteiger partial charge in [-0.3, -0.25) is 9.59 Å². The van der Waals surface area contributed by atoms with E-state index in [0.29, 0.717) is 19.3 Å². The second kappa shape index (κ2) is 44.9. The summed E-state index contributed by atoms with van der Waals surface area (Å²) in [6.07, 6.45) is 53.1. The molecule has 0 fully saturated rings. The number of carbonyl (C=O) groups excluding carboxylic acids is 2. The molecular weight excluding hydrogens is 707 g/mol. The summed E-state index contributed by atoms with van der Waals surface area (Å²) in [5, 5.41) is 23.6. The molecule has 0 spiro atoms. The number of allylic oxidation sites excluding steroid dienone is 8. The number of aliphatic hydroxyl groups excluding tert-OH is 2. The van der Waals surface area contributed by atoms with Crippen molar-refractivity contribution in [2.24, 2.45) is 0 Å². The normalized spacial score (nSPS) is 13.7. The van der Waals surface area contributed by atoms with Crippen LogP contribution in [0.15, 0.2) is 48.6 Å². The van der Waals surface area contributed by atoms with E-state index in [-0.39, 0.29) is 24.9 Å². The van der Waals surface area contributed by atoms with Gasteiger partial charge in [0.05, 0.1) is 25.2 Å². The number of unbranched alkanes of at least 4 members (excludes halogenated alkanes) is 23. The number of rotatable bonds is 43. The van der Waals surface area contributed by atoms with Crippen LogP contribution < -0.4 is 5.32 Å². The highest BCUT2D eigenvalue weighted by Crippen LogP contribution is 2.17. The summed E-state index contributed by atoms with van der Waals surface area (Å²) in [5.74, 6) is -0.525. The van der Waals surface area contributed by atoms with Gasteiger partial charge in [-0.15, -0.1) is 0 Å². The third-order valence-electron chi connectivity index (χ3n) is 10.9. The van der Waals surface area contributed by atoms with Crippen LogP contribution >= 0.6 is 0 Å². The Kier molecular flexibility index (Phi) is 43.2. The van der Waals surface area contributed by atoms with E-state index in [1.54, 1.807) is 0 Å². The second-order valence-electron chi connectivity index (χ2n) is 16.5. The number of esters is 1. The van der Waals surface area contributed by atoms with Gasteiger partial charge in [0.25, 0.3) is 0 Å². The van der Waals surface area contributed by atoms with Gasteiger partial charge < -0.3 is 20.3 Å². The van der Waals surface area contributed by atoms with Crippen molar-refractivity contribution in [3.63, 3.8) is 0 Å². The third-order valence-corrected chi connectivity index (χ3v) is 10.9. The highest BCUT2D eigenvalue weighted by atomic mass is 16.5. The molecule has 6 nitrogen and oxygen atoms in total. The molecule has 57 heavy (non-hydrogen) atoms. The number of amides is 1. The molecule has 332 valence electrons. The summed E-state index contributed by atoms with van der Waals surface area (Å²) in [7, 11) is 0. The fraction of sp³-hybridized carbons (Fsp3) is 0.804. The van der Waals surface area contributed by atoms with E-state index in [2.05, 4.69) is 74.7 Å². The molecule has 0 saturated carbocycles. The highest BCUT2D eigenvalue weighted by Gasteiger charge is 2.24. The lowest BCUT2D eigenvalue weighted by Gasteiger charge is -2.24. The minimum Gasteiger partial charge on any atom is -0.462 e. The molecule has 3 unspecified atom stereocenters. The number of aliphatic hydroxyl groups is 2. The fourth-order valence-electron chi connectivity index (χ4n) is 7.18. The van der Waals surface area contributed by atoms with Crippen molar-refractivity contribution in [2.75, 3.05) is 6.61 Å². The largest absolute Gasteiger partial charge is 0.462 e. The Labute approximate surface area is 353 Å². The molecule has 0 bridgehead atoms. The molecule has 3 N–H and O–H groups in total. The predicted octanol–water partition coefficient (Wildman–Crippen LogP) is 14.3. The van der Waals surface area contributed by atoms with Gasteiger partial charge in [-0.05, 0) is 64.2 Å². The first-order valence-corrected chi connectivity index (χ1v) is 24.4. The van der Waals surface area contributed by atoms with E-state index in [4.69, 9.17) is 4.74 Å². The summed E-state index contributed by atoms with van der Waals surface area (Å²) in [6.45, 7) is 6.41. The van der Waals surface area contributed by atoms with E-state index in [0.717, 1.165) is 70.6 Å². The van der Waals surface area contributed by atoms with Crippen LogP contribution in [0.4, 0.5) is 0 Å². The van der Waals surface area contributed by atoms with Crippen LogP contribution in [-0.2, 0) is 14.3 Å². The van der Waals surface area contributed by atoms with Gasteiger partial charge >= 0.3 is 5.97 Å². The fourth-order valence-corrected chi connectivity index (χ4v) is 7.18. The Balaban J connectivity index is 4.70. The maximum absolute atomic E-state index is 13.1. The molecule has 0 aromatic rings. The monoisotopic (exact) mass is 800 g/mol. The van der Waals surface area contributed by atoms with Crippen LogP contribution in [0, 0.1) is 0 Å². The maximum atomic E-state index is 13.1. The first-order chi connectivity index (χ1) is 28.0. The van der Waals surface area contributed by atoms with Gasteiger partial charge in [0, 0.05) is 6.42 Å². The van der Waals surface area contributed by atoms with Crippen molar-refractivity contribution < 1.29 is 24.5 Å². The van der Waals surface area contributed by atoms with Crippen LogP contribution in [0.25, 0.3) is 0 Å². The maximum Gasteiger partial charge on any atom is 0.306 e. The van der Waals surface area contributed by atoms with E-state index < -0.39 is 18.2 Å². The van der Waals surface area contributed by atoms with E-state index in [9.17, 15) is 19.8 Å². The Hall–Kier alpha value is -2.18. The van der Waals surface area contributed by atoms with E-state index in [1.807, 2.05) is 0 Å². The molecule has 0 saturated heterocycles. The van der Waals surface area contributed by atoms with Crippen molar-refractivity contribution in [3.05, 3.63) is 48.6 Å². The van der Waals surface area contributed by atoms with Gasteiger partial charge in [-0.2, -0.15) is 0 Å². The predicted molar refractivity (Wildman–Crippen MR) is 245 cm³/mol. The van der Waals surface area contributed by atoms with Gasteiger partial charge in [0.1, 0.15) is 6.10 Å². The molecule has 0 aliphatic heterocycles. The molecular formula is C51H93NO5. The molecule has 0 radical (unpaired) electrons. The first kappa shape index (κ1) is 54.8. The van der Waals surface area contributed by atoms with Gasteiger partial charge in [0.2, 0.25) is 5.91 Å². The quantitative estimate of drug-likeness (QED) is 0.0324. The topological polar surface area (TPSA) is 95.9 Å². The van der Waals surface area contributed by atoms with Crippen LogP contribution in [0.3, 0.4) is 0 Å². The molecule has 0 aliphatic carbocycles. The summed E-state index contributed by atoms with van der Waals surface area (Å²) < 4.78 is 5.89. The zero-order valence-corrected chi connectivity index (χ0v) is 37.7. The smallest absolute Gasteiger partial charge is 0.306 e. The molecule has 6 heteroatoms. The molecule has 3 atom stereocenters. The first-order valence-electron chi connectivity index (χ1n) is 24.4. The number of hydrogen-bond acceptors (Lipinski definition) is 5. The molecule has 1 amide bonds. The van der Waals surface area contributed by atoms with Crippen LogP contribution in [-0.4, -0.2) is 46.9 Å². The summed E-state index contributed by atoms with van der Waals surface area (Å²) in [6, 6.07) is -0.715. The average molecular weight is 800 g/mol. The zero-order chi connectivity index (χ0) is 41.7. The van der Waals surface area contributed by atoms with Crippen LogP contribution in [0.1, 0.15) is 239 Å². The summed E-state index contributed by atoms with van der Waals surface area (Å²) in [5.41, 5.74) is 0. The van der Waals surface area contributed by atoms with Crippen molar-refractivity contribution in [2.45, 2.75) is 257 Å². The number of nitrogens with one attached hydrogen (secondary N) is 1. The Bertz CT molecular complexity index is 988. The molecule has 0 aromatic carbocycles. The Morgan fingerprint density at radius 3 is 1.39 bits per heavy atom. The second-order valence-corrected chi connectivity index (χ2v) is 16.5. The number of hydrogen-bond donors (Lipinski definition) is 3. The number of ether oxygens (including phenoxy) is 1. The standard InChI is InChI=1S/C51H93NO5/c1-4-7-10-13-16-19-22-23-24-25-26-27-29-30-33-36-39-42-47(57-51(56)44-41-38-35-32-28-20-17-14-11-8-5-2)45-50(55)52-48(46-53)49(54)43-40-37-34-31-21-18-15-12-9-6-3/h16,19,23-24,26-27,30,33,47-49,53-54H,4-15,17-18,20-22,25,28-29,31-32,34-46H2,1-3H3,(H,52,55)/b19-16-,24-23-,27-26-,33-30-. The third kappa shape index (κ3) is 40.4. The van der Waals surface area contributed by atoms with Gasteiger partial charge in [0.15, 0.2) is 0 Å². The van der Waals surface area contributed by atoms with Crippen LogP contribution in [0.5, 0.6) is 0 Å². The van der Waals surface area contributed by atoms with E-state index in [1.165, 1.54) is 122 Å². The molecule has 0 aromatic heterocycles. The highest BCUT2D eigenvalue weighted by molar-refractivity contribution is 5.77. The molecule has 0 rings (SSSR count). The Morgan fingerprint density at radius 1 is 0.509 bits per heavy atom. The minimum absolute atomic E-state index is 0.0418. The minimum atomic E-state index is -0.799. The lowest BCUT2D eigenvalue weighted by atomic mass is 10.0. The van der Waals surface area contributed by atoms with Crippen LogP contribution in [0.2, 0.25) is 0 Å². The van der Waals surface area contributed by atoms with Gasteiger partial charge in [-0.1, -0.05) is 211 Å². The number of carbonyl (C=O) groups is 2. The summed E-state index contributed by atoms with van der Waals surface area (Å²) >= 11 is 0. The molecule has 0 heterocycles. The van der Waals surface area contributed by atoms with E-state index >= 15 is 0 Å². The van der Waals surface area contributed by atoms with Crippen molar-refractivity contribution in [3.8, 4) is 0 Å².